The standard InChI is InChI=1S/C14H14BrN5O/c1-9(21)12-5-13(17-7-10-3-2-4-16-6-10)20-14(19-12)11(15)8-18-20/h2-6,8-9,17,21H,7H2,1H3. The van der Waals surface area contributed by atoms with Gasteiger partial charge in [-0.05, 0) is 34.5 Å². The molecular formula is C14H14BrN5O. The van der Waals surface area contributed by atoms with E-state index in [2.05, 4.69) is 36.3 Å². The number of aliphatic hydroxyl groups excluding tert-OH is 1. The number of halogens is 1. The molecule has 0 aliphatic heterocycles. The van der Waals surface area contributed by atoms with Gasteiger partial charge in [0.1, 0.15) is 5.82 Å². The van der Waals surface area contributed by atoms with Gasteiger partial charge in [0.2, 0.25) is 0 Å². The van der Waals surface area contributed by atoms with E-state index in [1.807, 2.05) is 12.1 Å². The van der Waals surface area contributed by atoms with Gasteiger partial charge in [-0.25, -0.2) is 4.98 Å². The second kappa shape index (κ2) is 5.79. The Labute approximate surface area is 130 Å². The molecule has 6 nitrogen and oxygen atoms in total. The summed E-state index contributed by atoms with van der Waals surface area (Å²) in [6.45, 7) is 2.30. The average Bonchev–Trinajstić information content (AvgIpc) is 2.87. The van der Waals surface area contributed by atoms with Gasteiger partial charge in [0.05, 0.1) is 22.5 Å². The first-order chi connectivity index (χ1) is 10.1. The Hall–Kier alpha value is -1.99. The van der Waals surface area contributed by atoms with Crippen molar-refractivity contribution in [3.05, 3.63) is 52.5 Å². The van der Waals surface area contributed by atoms with E-state index in [1.165, 1.54) is 0 Å². The van der Waals surface area contributed by atoms with Crippen LogP contribution in [0.15, 0.2) is 41.3 Å². The Morgan fingerprint density at radius 1 is 1.43 bits per heavy atom. The summed E-state index contributed by atoms with van der Waals surface area (Å²) in [5.74, 6) is 0.769. The largest absolute Gasteiger partial charge is 0.387 e. The van der Waals surface area contributed by atoms with Crippen LogP contribution in [0.2, 0.25) is 0 Å². The Bertz CT molecular complexity index is 757. The van der Waals surface area contributed by atoms with Crippen LogP contribution in [0.5, 0.6) is 0 Å². The molecule has 0 aliphatic rings. The monoisotopic (exact) mass is 347 g/mol. The van der Waals surface area contributed by atoms with Crippen LogP contribution >= 0.6 is 15.9 Å². The van der Waals surface area contributed by atoms with E-state index < -0.39 is 6.10 Å². The molecule has 3 rings (SSSR count). The maximum absolute atomic E-state index is 9.78. The molecule has 3 aromatic rings. The SMILES string of the molecule is CC(O)c1cc(NCc2cccnc2)n2ncc(Br)c2n1. The fourth-order valence-electron chi connectivity index (χ4n) is 1.99. The van der Waals surface area contributed by atoms with Crippen molar-refractivity contribution in [3.8, 4) is 0 Å². The van der Waals surface area contributed by atoms with Crippen LogP contribution in [0.1, 0.15) is 24.3 Å². The van der Waals surface area contributed by atoms with Crippen molar-refractivity contribution < 1.29 is 5.11 Å². The van der Waals surface area contributed by atoms with Gasteiger partial charge in [-0.3, -0.25) is 4.98 Å². The quantitative estimate of drug-likeness (QED) is 0.758. The van der Waals surface area contributed by atoms with Crippen LogP contribution in [-0.2, 0) is 6.54 Å². The Balaban J connectivity index is 1.96. The molecule has 0 aromatic carbocycles. The summed E-state index contributed by atoms with van der Waals surface area (Å²) in [5, 5.41) is 17.4. The smallest absolute Gasteiger partial charge is 0.172 e. The highest BCUT2D eigenvalue weighted by Crippen LogP contribution is 2.23. The first-order valence-electron chi connectivity index (χ1n) is 6.50. The highest BCUT2D eigenvalue weighted by Gasteiger charge is 2.12. The van der Waals surface area contributed by atoms with E-state index in [4.69, 9.17) is 0 Å². The molecule has 3 heterocycles. The van der Waals surface area contributed by atoms with E-state index in [0.29, 0.717) is 17.9 Å². The molecule has 0 amide bonds. The molecule has 1 unspecified atom stereocenters. The predicted molar refractivity (Wildman–Crippen MR) is 82.9 cm³/mol. The van der Waals surface area contributed by atoms with Gasteiger partial charge in [0.25, 0.3) is 0 Å². The molecule has 0 aliphatic carbocycles. The molecule has 2 N–H and O–H groups in total. The van der Waals surface area contributed by atoms with Gasteiger partial charge in [0, 0.05) is 25.0 Å². The number of nitrogens with zero attached hydrogens (tertiary/aromatic N) is 4. The summed E-state index contributed by atoms with van der Waals surface area (Å²) < 4.78 is 2.49. The Kier molecular flexibility index (Phi) is 3.85. The van der Waals surface area contributed by atoms with Gasteiger partial charge in [-0.2, -0.15) is 9.61 Å². The second-order valence-electron chi connectivity index (χ2n) is 4.68. The lowest BCUT2D eigenvalue weighted by Gasteiger charge is -2.11. The van der Waals surface area contributed by atoms with Crippen molar-refractivity contribution in [1.29, 1.82) is 0 Å². The molecule has 21 heavy (non-hydrogen) atoms. The van der Waals surface area contributed by atoms with Crippen molar-refractivity contribution in [3.63, 3.8) is 0 Å². The van der Waals surface area contributed by atoms with E-state index >= 15 is 0 Å². The minimum Gasteiger partial charge on any atom is -0.387 e. The zero-order chi connectivity index (χ0) is 14.8. The molecule has 108 valence electrons. The summed E-state index contributed by atoms with van der Waals surface area (Å²) >= 11 is 3.42. The fraction of sp³-hybridized carbons (Fsp3) is 0.214. The molecule has 0 bridgehead atoms. The third-order valence-corrected chi connectivity index (χ3v) is 3.63. The first-order valence-corrected chi connectivity index (χ1v) is 7.29. The van der Waals surface area contributed by atoms with Crippen LogP contribution in [0, 0.1) is 0 Å². The summed E-state index contributed by atoms with van der Waals surface area (Å²) in [6.07, 6.45) is 4.59. The molecule has 0 fully saturated rings. The summed E-state index contributed by atoms with van der Waals surface area (Å²) in [4.78, 5) is 8.49. The van der Waals surface area contributed by atoms with Gasteiger partial charge < -0.3 is 10.4 Å². The number of aliphatic hydroxyl groups is 1. The van der Waals surface area contributed by atoms with Crippen LogP contribution in [0.4, 0.5) is 5.82 Å². The number of hydrogen-bond donors (Lipinski definition) is 2. The first kappa shape index (κ1) is 14.0. The van der Waals surface area contributed by atoms with E-state index in [-0.39, 0.29) is 0 Å². The zero-order valence-corrected chi connectivity index (χ0v) is 12.9. The minimum atomic E-state index is -0.643. The second-order valence-corrected chi connectivity index (χ2v) is 5.54. The third-order valence-electron chi connectivity index (χ3n) is 3.07. The highest BCUT2D eigenvalue weighted by atomic mass is 79.9. The van der Waals surface area contributed by atoms with Gasteiger partial charge in [-0.15, -0.1) is 0 Å². The van der Waals surface area contributed by atoms with Crippen molar-refractivity contribution in [2.45, 2.75) is 19.6 Å². The van der Waals surface area contributed by atoms with E-state index in [9.17, 15) is 5.11 Å². The van der Waals surface area contributed by atoms with Gasteiger partial charge in [-0.1, -0.05) is 6.07 Å². The maximum atomic E-state index is 9.78. The van der Waals surface area contributed by atoms with Crippen LogP contribution < -0.4 is 5.32 Å². The van der Waals surface area contributed by atoms with Crippen molar-refractivity contribution in [2.75, 3.05) is 5.32 Å². The molecule has 0 saturated heterocycles. The van der Waals surface area contributed by atoms with Crippen molar-refractivity contribution in [2.24, 2.45) is 0 Å². The predicted octanol–water partition coefficient (Wildman–Crippen LogP) is 2.55. The number of fused-ring (bicyclic) bond motifs is 1. The molecule has 3 aromatic heterocycles. The van der Waals surface area contributed by atoms with Gasteiger partial charge >= 0.3 is 0 Å². The van der Waals surface area contributed by atoms with Crippen LogP contribution in [-0.4, -0.2) is 24.7 Å². The molecular weight excluding hydrogens is 334 g/mol. The number of nitrogens with one attached hydrogen (secondary N) is 1. The lowest BCUT2D eigenvalue weighted by Crippen LogP contribution is -2.08. The summed E-state index contributed by atoms with van der Waals surface area (Å²) in [7, 11) is 0. The van der Waals surface area contributed by atoms with E-state index in [0.717, 1.165) is 15.9 Å². The molecule has 0 radical (unpaired) electrons. The highest BCUT2D eigenvalue weighted by molar-refractivity contribution is 9.10. The van der Waals surface area contributed by atoms with E-state index in [1.54, 1.807) is 36.1 Å². The minimum absolute atomic E-state index is 0.595. The number of hydrogen-bond acceptors (Lipinski definition) is 5. The normalized spacial score (nSPS) is 12.5. The third kappa shape index (κ3) is 2.88. The molecule has 0 spiro atoms. The van der Waals surface area contributed by atoms with Crippen LogP contribution in [0.25, 0.3) is 5.65 Å². The average molecular weight is 348 g/mol. The lowest BCUT2D eigenvalue weighted by molar-refractivity contribution is 0.194. The Morgan fingerprint density at radius 3 is 3.00 bits per heavy atom. The molecule has 0 saturated carbocycles. The maximum Gasteiger partial charge on any atom is 0.172 e. The van der Waals surface area contributed by atoms with Crippen LogP contribution in [0.3, 0.4) is 0 Å². The topological polar surface area (TPSA) is 75.3 Å². The molecule has 1 atom stereocenters. The number of pyridine rings is 1. The fourth-order valence-corrected chi connectivity index (χ4v) is 2.34. The van der Waals surface area contributed by atoms with Crippen molar-refractivity contribution in [1.82, 2.24) is 19.6 Å². The number of aromatic nitrogens is 4. The summed E-state index contributed by atoms with van der Waals surface area (Å²) in [6, 6.07) is 5.69. The Morgan fingerprint density at radius 2 is 2.29 bits per heavy atom. The zero-order valence-electron chi connectivity index (χ0n) is 11.4. The number of rotatable bonds is 4. The van der Waals surface area contributed by atoms with Gasteiger partial charge in [0.15, 0.2) is 5.65 Å². The molecule has 7 heteroatoms. The number of anilines is 1. The van der Waals surface area contributed by atoms with Crippen molar-refractivity contribution >= 4 is 27.4 Å². The lowest BCUT2D eigenvalue weighted by atomic mass is 10.2. The summed E-state index contributed by atoms with van der Waals surface area (Å²) in [5.41, 5.74) is 2.33.